The summed E-state index contributed by atoms with van der Waals surface area (Å²) in [5.74, 6) is -5.79. The lowest BCUT2D eigenvalue weighted by molar-refractivity contribution is -0.297. The number of fused-ring (bicyclic) bond motifs is 1. The van der Waals surface area contributed by atoms with Crippen molar-refractivity contribution in [1.29, 1.82) is 0 Å². The summed E-state index contributed by atoms with van der Waals surface area (Å²) in [5.41, 5.74) is -2.72. The molecule has 3 aliphatic rings. The summed E-state index contributed by atoms with van der Waals surface area (Å²) < 4.78 is 41.2. The van der Waals surface area contributed by atoms with Gasteiger partial charge in [0, 0.05) is 31.8 Å². The van der Waals surface area contributed by atoms with Gasteiger partial charge in [-0.3, -0.25) is 19.2 Å². The minimum atomic E-state index is -1.46. The zero-order valence-electron chi connectivity index (χ0n) is 27.9. The molecule has 0 radical (unpaired) electrons. The molecule has 3 saturated heterocycles. The van der Waals surface area contributed by atoms with E-state index in [0.29, 0.717) is 6.42 Å². The number of carbonyl (C=O) groups excluding carboxylic acids is 5. The van der Waals surface area contributed by atoms with Gasteiger partial charge in [-0.05, 0) is 47.0 Å². The molecule has 250 valence electrons. The Balaban J connectivity index is 2.11. The van der Waals surface area contributed by atoms with E-state index in [1.165, 1.54) is 21.0 Å². The maximum absolute atomic E-state index is 14.0. The molecule has 3 aliphatic heterocycles. The number of hydrogen-bond donors (Lipinski definition) is 0. The minimum absolute atomic E-state index is 0.110. The monoisotopic (exact) mass is 626 g/mol. The van der Waals surface area contributed by atoms with Crippen LogP contribution in [0.15, 0.2) is 0 Å². The summed E-state index contributed by atoms with van der Waals surface area (Å²) >= 11 is 0. The van der Waals surface area contributed by atoms with Crippen LogP contribution in [0, 0.1) is 29.6 Å². The fourth-order valence-corrected chi connectivity index (χ4v) is 7.16. The van der Waals surface area contributed by atoms with Gasteiger partial charge in [-0.1, -0.05) is 34.6 Å². The molecule has 44 heavy (non-hydrogen) atoms. The lowest BCUT2D eigenvalue weighted by Crippen LogP contribution is -2.58. The summed E-state index contributed by atoms with van der Waals surface area (Å²) in [4.78, 5) is 65.8. The first kappa shape index (κ1) is 35.9. The number of hydrogen-bond acceptors (Lipinski definition) is 12. The smallest absolute Gasteiger partial charge is 0.457 e. The van der Waals surface area contributed by atoms with Gasteiger partial charge in [-0.2, -0.15) is 0 Å². The van der Waals surface area contributed by atoms with E-state index in [1.807, 2.05) is 13.8 Å². The molecule has 3 fully saturated rings. The number of ether oxygens (including phenoxy) is 7. The van der Waals surface area contributed by atoms with Crippen molar-refractivity contribution in [3.8, 4) is 0 Å². The molecule has 0 bridgehead atoms. The average molecular weight is 627 g/mol. The predicted molar refractivity (Wildman–Crippen MR) is 155 cm³/mol. The molecule has 0 saturated carbocycles. The van der Waals surface area contributed by atoms with Crippen molar-refractivity contribution >= 4 is 29.7 Å². The Morgan fingerprint density at radius 2 is 1.59 bits per heavy atom. The van der Waals surface area contributed by atoms with Crippen molar-refractivity contribution in [2.45, 2.75) is 137 Å². The molecule has 13 atom stereocenters. The number of Topliss-reactive ketones (excluding diaryl/α,β-unsaturated/α-hetero) is 2. The summed E-state index contributed by atoms with van der Waals surface area (Å²) in [6, 6.07) is 0. The lowest BCUT2D eigenvalue weighted by atomic mass is 9.74. The zero-order chi connectivity index (χ0) is 33.3. The number of methoxy groups -OCH3 is 1. The molecule has 0 aromatic carbocycles. The largest absolute Gasteiger partial charge is 0.509 e. The Morgan fingerprint density at radius 1 is 0.955 bits per heavy atom. The Bertz CT molecular complexity index is 1110. The SMILES string of the molecule is CC[C@H]1OC(=O)[C@H](C)C(=O)[C@H](C)[C@@H](OC2O[C@H](C)C[C@H](C)[C@H]2OC(C)=O)[C@](C)(OC)C[C@@H](C)C(=O)[C@H](C)[C@H]2OC(=O)O[C@@]21C. The number of rotatable bonds is 5. The Labute approximate surface area is 260 Å². The van der Waals surface area contributed by atoms with Crippen LogP contribution in [0.2, 0.25) is 0 Å². The van der Waals surface area contributed by atoms with Crippen LogP contribution in [0.3, 0.4) is 0 Å². The topological polar surface area (TPSA) is 150 Å². The van der Waals surface area contributed by atoms with E-state index in [2.05, 4.69) is 0 Å². The third-order valence-electron chi connectivity index (χ3n) is 9.69. The van der Waals surface area contributed by atoms with E-state index in [-0.39, 0.29) is 30.6 Å². The molecule has 0 aromatic rings. The van der Waals surface area contributed by atoms with E-state index >= 15 is 0 Å². The van der Waals surface area contributed by atoms with Gasteiger partial charge in [0.05, 0.1) is 23.7 Å². The highest BCUT2D eigenvalue weighted by molar-refractivity contribution is 6.00. The van der Waals surface area contributed by atoms with E-state index in [4.69, 9.17) is 33.2 Å². The lowest BCUT2D eigenvalue weighted by Gasteiger charge is -2.46. The molecule has 3 heterocycles. The van der Waals surface area contributed by atoms with E-state index in [1.54, 1.807) is 41.5 Å². The van der Waals surface area contributed by atoms with Gasteiger partial charge in [0.2, 0.25) is 0 Å². The van der Waals surface area contributed by atoms with Crippen LogP contribution in [0.4, 0.5) is 4.79 Å². The number of esters is 2. The first-order chi connectivity index (χ1) is 20.4. The standard InChI is InChI=1S/C32H50O12/c1-12-22-32(10)27(43-30(37)44-32)18(5)23(34)16(3)14-31(9,38-11)26(19(6)24(35)20(7)28(36)41-22)42-29-25(40-21(8)33)15(2)13-17(4)39-29/h15-20,22,25-27,29H,12-14H2,1-11H3/t15-,16+,17+,18-,19-,20+,22+,25+,26+,27+,29?,31+,32+/m0/s1. The van der Waals surface area contributed by atoms with Crippen LogP contribution in [-0.4, -0.2) is 84.8 Å². The Kier molecular flexibility index (Phi) is 11.3. The normalized spacial score (nSPS) is 44.1. The molecule has 0 aliphatic carbocycles. The van der Waals surface area contributed by atoms with Crippen molar-refractivity contribution in [3.05, 3.63) is 0 Å². The molecule has 0 N–H and O–H groups in total. The molecule has 3 rings (SSSR count). The van der Waals surface area contributed by atoms with Crippen molar-refractivity contribution in [2.24, 2.45) is 29.6 Å². The third kappa shape index (κ3) is 7.12. The maximum Gasteiger partial charge on any atom is 0.509 e. The molecule has 0 spiro atoms. The molecule has 0 aromatic heterocycles. The number of ketones is 2. The van der Waals surface area contributed by atoms with E-state index in [0.717, 1.165) is 0 Å². The highest BCUT2D eigenvalue weighted by atomic mass is 16.8. The fourth-order valence-electron chi connectivity index (χ4n) is 7.16. The van der Waals surface area contributed by atoms with Gasteiger partial charge in [-0.15, -0.1) is 0 Å². The van der Waals surface area contributed by atoms with Crippen LogP contribution < -0.4 is 0 Å². The van der Waals surface area contributed by atoms with Crippen LogP contribution in [-0.2, 0) is 52.3 Å². The molecular weight excluding hydrogens is 576 g/mol. The van der Waals surface area contributed by atoms with Crippen LogP contribution >= 0.6 is 0 Å². The average Bonchev–Trinajstić information content (AvgIpc) is 3.27. The van der Waals surface area contributed by atoms with Gasteiger partial charge in [0.1, 0.15) is 17.8 Å². The van der Waals surface area contributed by atoms with Crippen molar-refractivity contribution in [2.75, 3.05) is 7.11 Å². The second kappa shape index (κ2) is 13.8. The van der Waals surface area contributed by atoms with Gasteiger partial charge in [0.25, 0.3) is 0 Å². The van der Waals surface area contributed by atoms with Crippen molar-refractivity contribution < 1.29 is 57.1 Å². The van der Waals surface area contributed by atoms with Crippen molar-refractivity contribution in [3.63, 3.8) is 0 Å². The Hall–Kier alpha value is -2.57. The first-order valence-electron chi connectivity index (χ1n) is 15.6. The summed E-state index contributed by atoms with van der Waals surface area (Å²) in [6.07, 6.45) is -5.09. The fraction of sp³-hybridized carbons (Fsp3) is 0.844. The minimum Gasteiger partial charge on any atom is -0.457 e. The van der Waals surface area contributed by atoms with E-state index < -0.39 is 89.5 Å². The number of carbonyl (C=O) groups is 5. The van der Waals surface area contributed by atoms with Crippen LogP contribution in [0.25, 0.3) is 0 Å². The van der Waals surface area contributed by atoms with Gasteiger partial charge in [-0.25, -0.2) is 4.79 Å². The molecular formula is C32H50O12. The van der Waals surface area contributed by atoms with E-state index in [9.17, 15) is 24.0 Å². The highest BCUT2D eigenvalue weighted by Gasteiger charge is 2.59. The highest BCUT2D eigenvalue weighted by Crippen LogP contribution is 2.42. The van der Waals surface area contributed by atoms with Crippen molar-refractivity contribution in [1.82, 2.24) is 0 Å². The zero-order valence-corrected chi connectivity index (χ0v) is 27.9. The molecule has 1 unspecified atom stereocenters. The van der Waals surface area contributed by atoms with Crippen LogP contribution in [0.5, 0.6) is 0 Å². The summed E-state index contributed by atoms with van der Waals surface area (Å²) in [6.45, 7) is 16.7. The second-order valence-corrected chi connectivity index (χ2v) is 13.3. The first-order valence-corrected chi connectivity index (χ1v) is 15.6. The molecule has 0 amide bonds. The van der Waals surface area contributed by atoms with Gasteiger partial charge >= 0.3 is 18.1 Å². The Morgan fingerprint density at radius 3 is 2.16 bits per heavy atom. The van der Waals surface area contributed by atoms with Crippen LogP contribution in [0.1, 0.15) is 88.5 Å². The van der Waals surface area contributed by atoms with Gasteiger partial charge in [0.15, 0.2) is 29.9 Å². The second-order valence-electron chi connectivity index (χ2n) is 13.3. The van der Waals surface area contributed by atoms with Gasteiger partial charge < -0.3 is 33.2 Å². The quantitative estimate of drug-likeness (QED) is 0.245. The molecule has 12 heteroatoms. The third-order valence-corrected chi connectivity index (χ3v) is 9.69. The number of cyclic esters (lactones) is 1. The predicted octanol–water partition coefficient (Wildman–Crippen LogP) is 4.18. The molecule has 12 nitrogen and oxygen atoms in total. The summed E-state index contributed by atoms with van der Waals surface area (Å²) in [5, 5.41) is 0. The maximum atomic E-state index is 14.0. The summed E-state index contributed by atoms with van der Waals surface area (Å²) in [7, 11) is 1.46.